The molecule has 0 aliphatic rings. The van der Waals surface area contributed by atoms with Crippen LogP contribution in [0.4, 0.5) is 0 Å². The molecule has 0 unspecified atom stereocenters. The SMILES string of the molecule is COC(=O)[C@@H](C)Sc1nnc(Cc2ccccc2)n1C. The van der Waals surface area contributed by atoms with E-state index in [1.165, 1.54) is 24.4 Å². The number of hydrogen-bond donors (Lipinski definition) is 0. The smallest absolute Gasteiger partial charge is 0.318 e. The van der Waals surface area contributed by atoms with E-state index in [-0.39, 0.29) is 11.2 Å². The van der Waals surface area contributed by atoms with E-state index in [9.17, 15) is 4.79 Å². The molecule has 0 spiro atoms. The third-order valence-electron chi connectivity index (χ3n) is 2.95. The topological polar surface area (TPSA) is 57.0 Å². The van der Waals surface area contributed by atoms with Crippen molar-refractivity contribution >= 4 is 17.7 Å². The van der Waals surface area contributed by atoms with Crippen LogP contribution in [0, 0.1) is 0 Å². The summed E-state index contributed by atoms with van der Waals surface area (Å²) in [7, 11) is 3.29. The quantitative estimate of drug-likeness (QED) is 0.623. The summed E-state index contributed by atoms with van der Waals surface area (Å²) in [5.41, 5.74) is 1.18. The van der Waals surface area contributed by atoms with Gasteiger partial charge in [-0.15, -0.1) is 10.2 Å². The van der Waals surface area contributed by atoms with E-state index in [0.717, 1.165) is 12.2 Å². The van der Waals surface area contributed by atoms with E-state index < -0.39 is 0 Å². The van der Waals surface area contributed by atoms with E-state index in [4.69, 9.17) is 4.74 Å². The maximum Gasteiger partial charge on any atom is 0.318 e. The minimum atomic E-state index is -0.299. The summed E-state index contributed by atoms with van der Waals surface area (Å²) in [6.07, 6.45) is 0.720. The van der Waals surface area contributed by atoms with Crippen molar-refractivity contribution in [2.75, 3.05) is 7.11 Å². The summed E-state index contributed by atoms with van der Waals surface area (Å²) in [6.45, 7) is 1.79. The molecular formula is C14H17N3O2S. The number of hydrogen-bond acceptors (Lipinski definition) is 5. The average Bonchev–Trinajstić information content (AvgIpc) is 2.80. The molecule has 0 aliphatic carbocycles. The van der Waals surface area contributed by atoms with Crippen molar-refractivity contribution in [2.24, 2.45) is 7.05 Å². The highest BCUT2D eigenvalue weighted by atomic mass is 32.2. The molecular weight excluding hydrogens is 274 g/mol. The van der Waals surface area contributed by atoms with Crippen LogP contribution in [0.1, 0.15) is 18.3 Å². The first-order valence-electron chi connectivity index (χ1n) is 6.28. The molecule has 0 fully saturated rings. The predicted molar refractivity (Wildman–Crippen MR) is 77.6 cm³/mol. The fraction of sp³-hybridized carbons (Fsp3) is 0.357. The Hall–Kier alpha value is -1.82. The zero-order chi connectivity index (χ0) is 14.5. The zero-order valence-electron chi connectivity index (χ0n) is 11.7. The Morgan fingerprint density at radius 2 is 2.05 bits per heavy atom. The first-order chi connectivity index (χ1) is 9.61. The molecule has 0 bridgehead atoms. The van der Waals surface area contributed by atoms with Crippen LogP contribution in [0.5, 0.6) is 0 Å². The van der Waals surface area contributed by atoms with Crippen molar-refractivity contribution in [3.63, 3.8) is 0 Å². The Morgan fingerprint density at radius 1 is 1.35 bits per heavy atom. The van der Waals surface area contributed by atoms with Crippen LogP contribution in [0.15, 0.2) is 35.5 Å². The fourth-order valence-electron chi connectivity index (χ4n) is 1.75. The number of rotatable bonds is 5. The van der Waals surface area contributed by atoms with Gasteiger partial charge in [0, 0.05) is 13.5 Å². The van der Waals surface area contributed by atoms with Crippen LogP contribution in [0.25, 0.3) is 0 Å². The zero-order valence-corrected chi connectivity index (χ0v) is 12.6. The second-order valence-electron chi connectivity index (χ2n) is 4.40. The number of carbonyl (C=O) groups is 1. The van der Waals surface area contributed by atoms with Crippen molar-refractivity contribution in [3.8, 4) is 0 Å². The lowest BCUT2D eigenvalue weighted by atomic mass is 10.1. The van der Waals surface area contributed by atoms with E-state index in [2.05, 4.69) is 22.3 Å². The van der Waals surface area contributed by atoms with Crippen LogP contribution >= 0.6 is 11.8 Å². The summed E-state index contributed by atoms with van der Waals surface area (Å²) in [4.78, 5) is 11.4. The lowest BCUT2D eigenvalue weighted by molar-refractivity contribution is -0.139. The second-order valence-corrected chi connectivity index (χ2v) is 5.71. The molecule has 0 radical (unpaired) electrons. The number of nitrogens with zero attached hydrogens (tertiary/aromatic N) is 3. The highest BCUT2D eigenvalue weighted by Crippen LogP contribution is 2.22. The number of benzene rings is 1. The lowest BCUT2D eigenvalue weighted by Gasteiger charge is -2.08. The molecule has 0 amide bonds. The highest BCUT2D eigenvalue weighted by Gasteiger charge is 2.19. The summed E-state index contributed by atoms with van der Waals surface area (Å²) >= 11 is 1.35. The molecule has 1 aromatic heterocycles. The van der Waals surface area contributed by atoms with Gasteiger partial charge in [-0.05, 0) is 12.5 Å². The number of esters is 1. The van der Waals surface area contributed by atoms with E-state index in [1.807, 2.05) is 29.8 Å². The number of aromatic nitrogens is 3. The fourth-order valence-corrected chi connectivity index (χ4v) is 2.61. The van der Waals surface area contributed by atoms with Gasteiger partial charge >= 0.3 is 5.97 Å². The molecule has 1 heterocycles. The van der Waals surface area contributed by atoms with Crippen molar-refractivity contribution in [2.45, 2.75) is 23.8 Å². The normalized spacial score (nSPS) is 12.2. The lowest BCUT2D eigenvalue weighted by Crippen LogP contribution is -2.15. The second kappa shape index (κ2) is 6.56. The minimum Gasteiger partial charge on any atom is -0.468 e. The van der Waals surface area contributed by atoms with Gasteiger partial charge in [0.1, 0.15) is 11.1 Å². The molecule has 0 saturated carbocycles. The van der Waals surface area contributed by atoms with Gasteiger partial charge in [0.25, 0.3) is 0 Å². The van der Waals surface area contributed by atoms with Crippen LogP contribution in [0.3, 0.4) is 0 Å². The molecule has 1 aromatic carbocycles. The maximum atomic E-state index is 11.4. The largest absolute Gasteiger partial charge is 0.468 e. The van der Waals surface area contributed by atoms with Gasteiger partial charge in [-0.25, -0.2) is 0 Å². The van der Waals surface area contributed by atoms with Gasteiger partial charge in [-0.2, -0.15) is 0 Å². The molecule has 6 heteroatoms. The van der Waals surface area contributed by atoms with Gasteiger partial charge in [-0.3, -0.25) is 4.79 Å². The summed E-state index contributed by atoms with van der Waals surface area (Å²) in [5.74, 6) is 0.610. The van der Waals surface area contributed by atoms with Crippen LogP contribution < -0.4 is 0 Å². The van der Waals surface area contributed by atoms with E-state index >= 15 is 0 Å². The first kappa shape index (κ1) is 14.6. The molecule has 0 aliphatic heterocycles. The Morgan fingerprint density at radius 3 is 2.70 bits per heavy atom. The average molecular weight is 291 g/mol. The van der Waals surface area contributed by atoms with Gasteiger partial charge in [0.15, 0.2) is 5.16 Å². The van der Waals surface area contributed by atoms with Crippen molar-refractivity contribution in [1.82, 2.24) is 14.8 Å². The first-order valence-corrected chi connectivity index (χ1v) is 7.16. The van der Waals surface area contributed by atoms with Crippen LogP contribution in [-0.2, 0) is 23.0 Å². The summed E-state index contributed by atoms with van der Waals surface area (Å²) in [6, 6.07) is 10.1. The summed E-state index contributed by atoms with van der Waals surface area (Å²) in [5, 5.41) is 8.74. The third-order valence-corrected chi connectivity index (χ3v) is 4.06. The van der Waals surface area contributed by atoms with Gasteiger partial charge in [0.05, 0.1) is 7.11 Å². The van der Waals surface area contributed by atoms with Crippen LogP contribution in [0.2, 0.25) is 0 Å². The van der Waals surface area contributed by atoms with Gasteiger partial charge < -0.3 is 9.30 Å². The van der Waals surface area contributed by atoms with E-state index in [0.29, 0.717) is 5.16 Å². The highest BCUT2D eigenvalue weighted by molar-refractivity contribution is 8.00. The molecule has 2 aromatic rings. The molecule has 0 N–H and O–H groups in total. The maximum absolute atomic E-state index is 11.4. The molecule has 20 heavy (non-hydrogen) atoms. The number of methoxy groups -OCH3 is 1. The number of carbonyl (C=O) groups excluding carboxylic acids is 1. The number of thioether (sulfide) groups is 1. The molecule has 106 valence electrons. The van der Waals surface area contributed by atoms with Crippen LogP contribution in [-0.4, -0.2) is 33.1 Å². The van der Waals surface area contributed by atoms with Gasteiger partial charge in [-0.1, -0.05) is 42.1 Å². The Bertz CT molecular complexity index is 583. The van der Waals surface area contributed by atoms with Crippen molar-refractivity contribution in [3.05, 3.63) is 41.7 Å². The minimum absolute atomic E-state index is 0.261. The standard InChI is InChI=1S/C14H17N3O2S/c1-10(13(18)19-3)20-14-16-15-12(17(14)2)9-11-7-5-4-6-8-11/h4-8,10H,9H2,1-3H3/t10-/m1/s1. The predicted octanol–water partition coefficient (Wildman–Crippen LogP) is 2.06. The van der Waals surface area contributed by atoms with E-state index in [1.54, 1.807) is 6.92 Å². The molecule has 1 atom stereocenters. The molecule has 5 nitrogen and oxygen atoms in total. The monoisotopic (exact) mass is 291 g/mol. The molecule has 2 rings (SSSR count). The summed E-state index contributed by atoms with van der Waals surface area (Å²) < 4.78 is 6.62. The van der Waals surface area contributed by atoms with Crippen molar-refractivity contribution < 1.29 is 9.53 Å². The number of ether oxygens (including phenoxy) is 1. The molecule has 0 saturated heterocycles. The third kappa shape index (κ3) is 3.39. The Balaban J connectivity index is 2.09. The Labute approximate surface area is 122 Å². The van der Waals surface area contributed by atoms with Crippen molar-refractivity contribution in [1.29, 1.82) is 0 Å². The van der Waals surface area contributed by atoms with Gasteiger partial charge in [0.2, 0.25) is 0 Å². The Kier molecular flexibility index (Phi) is 4.79.